The predicted octanol–water partition coefficient (Wildman–Crippen LogP) is 1.89. The largest absolute Gasteiger partial charge is 0.487 e. The van der Waals surface area contributed by atoms with Crippen LogP contribution in [0.25, 0.3) is 0 Å². The maximum atomic E-state index is 6.06. The molecule has 1 aromatic rings. The van der Waals surface area contributed by atoms with Gasteiger partial charge in [0.15, 0.2) is 0 Å². The summed E-state index contributed by atoms with van der Waals surface area (Å²) in [6.07, 6.45) is 0. The standard InChI is InChI=1S/C15H23N2O/c1-15(2,18-14-7-5-4-6-8-14)13-17-11-9-16(3)10-12-17/h5-8H,9-13H2,1-3H3. The van der Waals surface area contributed by atoms with E-state index < -0.39 is 0 Å². The number of likely N-dealkylation sites (N-methyl/N-ethyl adjacent to an activating group) is 1. The fraction of sp³-hybridized carbons (Fsp3) is 0.600. The maximum Gasteiger partial charge on any atom is 0.120 e. The molecule has 0 aromatic heterocycles. The lowest BCUT2D eigenvalue weighted by atomic mass is 10.1. The Morgan fingerprint density at radius 3 is 2.39 bits per heavy atom. The Morgan fingerprint density at radius 1 is 1.17 bits per heavy atom. The average molecular weight is 247 g/mol. The molecule has 0 N–H and O–H groups in total. The Morgan fingerprint density at radius 2 is 1.78 bits per heavy atom. The van der Waals surface area contributed by atoms with Crippen molar-refractivity contribution in [1.29, 1.82) is 0 Å². The third-order valence-electron chi connectivity index (χ3n) is 3.28. The SMILES string of the molecule is CN1CCN(CC(C)(C)Oc2cc[c]cc2)CC1. The van der Waals surface area contributed by atoms with E-state index in [9.17, 15) is 0 Å². The van der Waals surface area contributed by atoms with Gasteiger partial charge in [-0.1, -0.05) is 12.1 Å². The van der Waals surface area contributed by atoms with E-state index in [-0.39, 0.29) is 5.60 Å². The molecule has 1 aliphatic rings. The summed E-state index contributed by atoms with van der Waals surface area (Å²) in [7, 11) is 2.18. The van der Waals surface area contributed by atoms with Crippen LogP contribution in [0.3, 0.4) is 0 Å². The van der Waals surface area contributed by atoms with Crippen molar-refractivity contribution >= 4 is 0 Å². The van der Waals surface area contributed by atoms with Gasteiger partial charge in [0.2, 0.25) is 0 Å². The first-order chi connectivity index (χ1) is 8.55. The lowest BCUT2D eigenvalue weighted by Gasteiger charge is -2.37. The van der Waals surface area contributed by atoms with E-state index in [4.69, 9.17) is 4.74 Å². The van der Waals surface area contributed by atoms with Gasteiger partial charge in [0.25, 0.3) is 0 Å². The van der Waals surface area contributed by atoms with Crippen LogP contribution in [0.4, 0.5) is 0 Å². The Labute approximate surface area is 110 Å². The maximum absolute atomic E-state index is 6.06. The van der Waals surface area contributed by atoms with Gasteiger partial charge in [-0.2, -0.15) is 0 Å². The molecule has 0 spiro atoms. The van der Waals surface area contributed by atoms with Crippen molar-refractivity contribution < 1.29 is 4.74 Å². The normalized spacial score (nSPS) is 18.8. The Balaban J connectivity index is 1.87. The number of rotatable bonds is 4. The van der Waals surface area contributed by atoms with Gasteiger partial charge in [-0.05, 0) is 39.1 Å². The number of benzene rings is 1. The zero-order valence-corrected chi connectivity index (χ0v) is 11.6. The van der Waals surface area contributed by atoms with Crippen molar-refractivity contribution in [2.24, 2.45) is 0 Å². The van der Waals surface area contributed by atoms with Gasteiger partial charge < -0.3 is 9.64 Å². The monoisotopic (exact) mass is 247 g/mol. The van der Waals surface area contributed by atoms with E-state index in [1.54, 1.807) is 0 Å². The first-order valence-corrected chi connectivity index (χ1v) is 6.61. The molecule has 3 heteroatoms. The second kappa shape index (κ2) is 5.72. The van der Waals surface area contributed by atoms with Crippen LogP contribution in [-0.2, 0) is 0 Å². The van der Waals surface area contributed by atoms with Crippen LogP contribution in [0.1, 0.15) is 13.8 Å². The van der Waals surface area contributed by atoms with Gasteiger partial charge >= 0.3 is 0 Å². The number of nitrogens with zero attached hydrogens (tertiary/aromatic N) is 2. The summed E-state index contributed by atoms with van der Waals surface area (Å²) < 4.78 is 6.06. The van der Waals surface area contributed by atoms with E-state index in [2.05, 4.69) is 36.8 Å². The molecule has 1 saturated heterocycles. The van der Waals surface area contributed by atoms with Gasteiger partial charge in [-0.3, -0.25) is 4.90 Å². The molecule has 1 fully saturated rings. The highest BCUT2D eigenvalue weighted by Crippen LogP contribution is 2.19. The highest BCUT2D eigenvalue weighted by molar-refractivity contribution is 5.21. The molecule has 1 heterocycles. The summed E-state index contributed by atoms with van der Waals surface area (Å²) in [6.45, 7) is 9.84. The summed E-state index contributed by atoms with van der Waals surface area (Å²) >= 11 is 0. The average Bonchev–Trinajstić information content (AvgIpc) is 2.32. The minimum Gasteiger partial charge on any atom is -0.487 e. The van der Waals surface area contributed by atoms with Crippen molar-refractivity contribution in [2.45, 2.75) is 19.4 Å². The molecule has 0 aliphatic carbocycles. The summed E-state index contributed by atoms with van der Waals surface area (Å²) in [6, 6.07) is 10.7. The van der Waals surface area contributed by atoms with E-state index in [0.29, 0.717) is 0 Å². The minimum absolute atomic E-state index is 0.155. The highest BCUT2D eigenvalue weighted by Gasteiger charge is 2.25. The highest BCUT2D eigenvalue weighted by atomic mass is 16.5. The number of hydrogen-bond acceptors (Lipinski definition) is 3. The summed E-state index contributed by atoms with van der Waals surface area (Å²) in [5.74, 6) is 0.924. The fourth-order valence-corrected chi connectivity index (χ4v) is 2.34. The van der Waals surface area contributed by atoms with Crippen LogP contribution in [0.2, 0.25) is 0 Å². The van der Waals surface area contributed by atoms with Gasteiger partial charge in [-0.25, -0.2) is 0 Å². The first-order valence-electron chi connectivity index (χ1n) is 6.61. The van der Waals surface area contributed by atoms with Crippen LogP contribution >= 0.6 is 0 Å². The fourth-order valence-electron chi connectivity index (χ4n) is 2.34. The van der Waals surface area contributed by atoms with Crippen molar-refractivity contribution in [1.82, 2.24) is 9.80 Å². The molecule has 1 radical (unpaired) electrons. The van der Waals surface area contributed by atoms with Crippen molar-refractivity contribution in [3.05, 3.63) is 30.3 Å². The molecule has 0 unspecified atom stereocenters. The summed E-state index contributed by atoms with van der Waals surface area (Å²) in [5.41, 5.74) is -0.155. The quantitative estimate of drug-likeness (QED) is 0.808. The van der Waals surface area contributed by atoms with Gasteiger partial charge in [0, 0.05) is 32.7 Å². The number of hydrogen-bond donors (Lipinski definition) is 0. The molecule has 0 bridgehead atoms. The zero-order chi connectivity index (χ0) is 13.0. The zero-order valence-electron chi connectivity index (χ0n) is 11.6. The van der Waals surface area contributed by atoms with Gasteiger partial charge in [-0.15, -0.1) is 0 Å². The third-order valence-corrected chi connectivity index (χ3v) is 3.28. The molecular weight excluding hydrogens is 224 g/mol. The van der Waals surface area contributed by atoms with Crippen LogP contribution in [-0.4, -0.2) is 55.2 Å². The molecule has 1 aliphatic heterocycles. The van der Waals surface area contributed by atoms with Crippen LogP contribution in [0, 0.1) is 6.07 Å². The molecule has 0 amide bonds. The summed E-state index contributed by atoms with van der Waals surface area (Å²) in [5, 5.41) is 0. The van der Waals surface area contributed by atoms with E-state index in [0.717, 1.165) is 38.5 Å². The molecule has 18 heavy (non-hydrogen) atoms. The topological polar surface area (TPSA) is 15.7 Å². The molecule has 0 atom stereocenters. The number of ether oxygens (including phenoxy) is 1. The van der Waals surface area contributed by atoms with Gasteiger partial charge in [0.1, 0.15) is 11.4 Å². The molecule has 2 rings (SSSR count). The number of piperazine rings is 1. The Kier molecular flexibility index (Phi) is 4.25. The van der Waals surface area contributed by atoms with Crippen LogP contribution in [0.15, 0.2) is 24.3 Å². The molecular formula is C15H23N2O. The molecule has 99 valence electrons. The van der Waals surface area contributed by atoms with E-state index in [1.807, 2.05) is 24.3 Å². The summed E-state index contributed by atoms with van der Waals surface area (Å²) in [4.78, 5) is 4.85. The predicted molar refractivity (Wildman–Crippen MR) is 73.9 cm³/mol. The van der Waals surface area contributed by atoms with Crippen molar-refractivity contribution in [3.8, 4) is 5.75 Å². The third kappa shape index (κ3) is 4.00. The Hall–Kier alpha value is -1.06. The smallest absolute Gasteiger partial charge is 0.120 e. The minimum atomic E-state index is -0.155. The lowest BCUT2D eigenvalue weighted by Crippen LogP contribution is -2.50. The second-order valence-electron chi connectivity index (χ2n) is 5.68. The van der Waals surface area contributed by atoms with Crippen molar-refractivity contribution in [3.63, 3.8) is 0 Å². The van der Waals surface area contributed by atoms with Crippen molar-refractivity contribution in [2.75, 3.05) is 39.8 Å². The molecule has 0 saturated carbocycles. The molecule has 3 nitrogen and oxygen atoms in total. The van der Waals surface area contributed by atoms with Crippen LogP contribution < -0.4 is 4.74 Å². The Bertz CT molecular complexity index is 356. The first kappa shape index (κ1) is 13.4. The van der Waals surface area contributed by atoms with Gasteiger partial charge in [0.05, 0.1) is 0 Å². The van der Waals surface area contributed by atoms with E-state index in [1.165, 1.54) is 0 Å². The van der Waals surface area contributed by atoms with Crippen LogP contribution in [0.5, 0.6) is 5.75 Å². The lowest BCUT2D eigenvalue weighted by molar-refractivity contribution is 0.0402. The molecule has 1 aromatic carbocycles. The van der Waals surface area contributed by atoms with E-state index >= 15 is 0 Å². The second-order valence-corrected chi connectivity index (χ2v) is 5.68.